The average Bonchev–Trinajstić information content (AvgIpc) is 3.16. The summed E-state index contributed by atoms with van der Waals surface area (Å²) in [6, 6.07) is 29.9. The van der Waals surface area contributed by atoms with Crippen LogP contribution in [0.2, 0.25) is 0 Å². The number of rotatable bonds is 8. The summed E-state index contributed by atoms with van der Waals surface area (Å²) in [4.78, 5) is 4.61. The quantitative estimate of drug-likeness (QED) is 0.319. The lowest BCUT2D eigenvalue weighted by molar-refractivity contribution is 1.14. The molecule has 2 nitrogen and oxygen atoms in total. The SMILES string of the molecule is CC/C=C\C=C(/C)N(c1ccccc1)c1ccc(N(C2=CCC=CC=C2)c2ccccc2)cc1. The minimum absolute atomic E-state index is 0.917. The fourth-order valence-corrected chi connectivity index (χ4v) is 4.06. The lowest BCUT2D eigenvalue weighted by atomic mass is 10.1. The van der Waals surface area contributed by atoms with E-state index in [0.717, 1.165) is 35.6 Å². The predicted octanol–water partition coefficient (Wildman–Crippen LogP) is 9.23. The van der Waals surface area contributed by atoms with Crippen LogP contribution in [0.25, 0.3) is 0 Å². The highest BCUT2D eigenvalue weighted by Gasteiger charge is 2.15. The van der Waals surface area contributed by atoms with Crippen LogP contribution in [0.4, 0.5) is 22.7 Å². The second-order valence-electron chi connectivity index (χ2n) is 8.15. The molecule has 0 aromatic heterocycles. The molecule has 0 unspecified atom stereocenters. The highest BCUT2D eigenvalue weighted by atomic mass is 15.2. The van der Waals surface area contributed by atoms with Crippen molar-refractivity contribution in [2.45, 2.75) is 26.7 Å². The molecule has 1 aliphatic rings. The van der Waals surface area contributed by atoms with E-state index in [-0.39, 0.29) is 0 Å². The van der Waals surface area contributed by atoms with E-state index in [4.69, 9.17) is 0 Å². The molecule has 3 aromatic carbocycles. The number of para-hydroxylation sites is 2. The number of anilines is 4. The largest absolute Gasteiger partial charge is 0.315 e. The lowest BCUT2D eigenvalue weighted by Gasteiger charge is -2.29. The zero-order valence-corrected chi connectivity index (χ0v) is 20.0. The molecule has 0 radical (unpaired) electrons. The first-order valence-corrected chi connectivity index (χ1v) is 11.9. The second kappa shape index (κ2) is 11.7. The van der Waals surface area contributed by atoms with Crippen molar-refractivity contribution >= 4 is 22.7 Å². The van der Waals surface area contributed by atoms with Gasteiger partial charge in [-0.2, -0.15) is 0 Å². The van der Waals surface area contributed by atoms with E-state index in [9.17, 15) is 0 Å². The Kier molecular flexibility index (Phi) is 7.97. The van der Waals surface area contributed by atoms with Gasteiger partial charge in [-0.3, -0.25) is 0 Å². The minimum Gasteiger partial charge on any atom is -0.315 e. The van der Waals surface area contributed by atoms with Gasteiger partial charge in [0.1, 0.15) is 0 Å². The maximum atomic E-state index is 2.31. The molecule has 0 heterocycles. The standard InChI is InChI=1S/C32H32N2/c1-3-4-9-16-27(2)33(28-17-12-7-13-18-28)31-23-25-32(26-24-31)34(30-21-14-8-15-22-30)29-19-10-5-6-11-20-29/h4-10,12-26H,3,11H2,1-2H3/b9-4-,27-16+. The molecule has 3 aromatic rings. The van der Waals surface area contributed by atoms with Gasteiger partial charge in [0.15, 0.2) is 0 Å². The van der Waals surface area contributed by atoms with Crippen molar-refractivity contribution in [1.29, 1.82) is 0 Å². The normalized spacial score (nSPS) is 13.6. The summed E-state index contributed by atoms with van der Waals surface area (Å²) in [5, 5.41) is 0. The van der Waals surface area contributed by atoms with E-state index in [2.05, 4.69) is 157 Å². The number of hydrogen-bond donors (Lipinski definition) is 0. The van der Waals surface area contributed by atoms with Gasteiger partial charge < -0.3 is 9.80 Å². The number of hydrogen-bond acceptors (Lipinski definition) is 2. The summed E-state index contributed by atoms with van der Waals surface area (Å²) in [5.74, 6) is 0. The van der Waals surface area contributed by atoms with Crippen LogP contribution in [-0.2, 0) is 0 Å². The van der Waals surface area contributed by atoms with Crippen molar-refractivity contribution in [1.82, 2.24) is 0 Å². The van der Waals surface area contributed by atoms with Crippen LogP contribution in [0.5, 0.6) is 0 Å². The summed E-state index contributed by atoms with van der Waals surface area (Å²) >= 11 is 0. The Morgan fingerprint density at radius 1 is 0.765 bits per heavy atom. The van der Waals surface area contributed by atoms with Crippen molar-refractivity contribution in [2.75, 3.05) is 9.80 Å². The lowest BCUT2D eigenvalue weighted by Crippen LogP contribution is -2.16. The molecule has 1 aliphatic carbocycles. The summed E-state index contributed by atoms with van der Waals surface area (Å²) in [5.41, 5.74) is 6.90. The highest BCUT2D eigenvalue weighted by Crippen LogP contribution is 2.35. The van der Waals surface area contributed by atoms with E-state index in [1.54, 1.807) is 0 Å². The van der Waals surface area contributed by atoms with E-state index in [1.165, 1.54) is 11.4 Å². The molecule has 170 valence electrons. The maximum absolute atomic E-state index is 2.31. The summed E-state index contributed by atoms with van der Waals surface area (Å²) in [6.45, 7) is 4.31. The first kappa shape index (κ1) is 23.1. The molecule has 0 bridgehead atoms. The molecule has 34 heavy (non-hydrogen) atoms. The van der Waals surface area contributed by atoms with Crippen LogP contribution in [0.15, 0.2) is 145 Å². The molecular formula is C32H32N2. The third-order valence-corrected chi connectivity index (χ3v) is 5.69. The molecule has 4 rings (SSSR count). The Bertz CT molecular complexity index is 1200. The molecule has 2 heteroatoms. The molecule has 0 saturated heterocycles. The van der Waals surface area contributed by atoms with Crippen LogP contribution >= 0.6 is 0 Å². The van der Waals surface area contributed by atoms with Crippen LogP contribution in [-0.4, -0.2) is 0 Å². The average molecular weight is 445 g/mol. The summed E-state index contributed by atoms with van der Waals surface area (Å²) in [6.07, 6.45) is 19.3. The van der Waals surface area contributed by atoms with Gasteiger partial charge in [0.25, 0.3) is 0 Å². The van der Waals surface area contributed by atoms with Gasteiger partial charge in [0.2, 0.25) is 0 Å². The minimum atomic E-state index is 0.917. The first-order chi connectivity index (χ1) is 16.8. The van der Waals surface area contributed by atoms with Crippen molar-refractivity contribution in [3.8, 4) is 0 Å². The maximum Gasteiger partial charge on any atom is 0.0462 e. The number of allylic oxidation sites excluding steroid dienone is 9. The zero-order valence-electron chi connectivity index (χ0n) is 20.0. The predicted molar refractivity (Wildman–Crippen MR) is 148 cm³/mol. The Labute approximate surface area is 204 Å². The zero-order chi connectivity index (χ0) is 23.6. The van der Waals surface area contributed by atoms with Crippen molar-refractivity contribution in [3.63, 3.8) is 0 Å². The number of benzene rings is 3. The highest BCUT2D eigenvalue weighted by molar-refractivity contribution is 5.75. The van der Waals surface area contributed by atoms with Crippen LogP contribution < -0.4 is 9.80 Å². The van der Waals surface area contributed by atoms with Crippen LogP contribution in [0, 0.1) is 0 Å². The molecule has 0 N–H and O–H groups in total. The number of nitrogens with zero attached hydrogens (tertiary/aromatic N) is 2. The first-order valence-electron chi connectivity index (χ1n) is 11.9. The van der Waals surface area contributed by atoms with Gasteiger partial charge in [0, 0.05) is 34.1 Å². The topological polar surface area (TPSA) is 6.48 Å². The summed E-state index contributed by atoms with van der Waals surface area (Å²) < 4.78 is 0. The van der Waals surface area contributed by atoms with Crippen LogP contribution in [0.3, 0.4) is 0 Å². The fraction of sp³-hybridized carbons (Fsp3) is 0.125. The van der Waals surface area contributed by atoms with Crippen molar-refractivity contribution < 1.29 is 0 Å². The third-order valence-electron chi connectivity index (χ3n) is 5.69. The van der Waals surface area contributed by atoms with Gasteiger partial charge >= 0.3 is 0 Å². The Morgan fingerprint density at radius 3 is 2.03 bits per heavy atom. The van der Waals surface area contributed by atoms with Gasteiger partial charge in [0.05, 0.1) is 0 Å². The van der Waals surface area contributed by atoms with E-state index < -0.39 is 0 Å². The Balaban J connectivity index is 1.73. The molecule has 0 amide bonds. The molecule has 0 saturated carbocycles. The molecular weight excluding hydrogens is 412 g/mol. The Morgan fingerprint density at radius 2 is 1.35 bits per heavy atom. The Hall–Kier alpha value is -4.04. The molecule has 0 spiro atoms. The van der Waals surface area contributed by atoms with Gasteiger partial charge in [-0.1, -0.05) is 79.8 Å². The molecule has 0 aliphatic heterocycles. The van der Waals surface area contributed by atoms with Gasteiger partial charge in [-0.15, -0.1) is 0 Å². The second-order valence-corrected chi connectivity index (χ2v) is 8.15. The van der Waals surface area contributed by atoms with E-state index >= 15 is 0 Å². The fourth-order valence-electron chi connectivity index (χ4n) is 4.06. The van der Waals surface area contributed by atoms with Gasteiger partial charge in [-0.05, 0) is 80.4 Å². The molecule has 0 atom stereocenters. The smallest absolute Gasteiger partial charge is 0.0462 e. The summed E-state index contributed by atoms with van der Waals surface area (Å²) in [7, 11) is 0. The van der Waals surface area contributed by atoms with Crippen LogP contribution in [0.1, 0.15) is 26.7 Å². The third kappa shape index (κ3) is 5.65. The van der Waals surface area contributed by atoms with Crippen molar-refractivity contribution in [3.05, 3.63) is 145 Å². The van der Waals surface area contributed by atoms with E-state index in [0.29, 0.717) is 0 Å². The van der Waals surface area contributed by atoms with Gasteiger partial charge in [-0.25, -0.2) is 0 Å². The monoisotopic (exact) mass is 444 g/mol. The molecule has 0 fully saturated rings. The van der Waals surface area contributed by atoms with Crippen molar-refractivity contribution in [2.24, 2.45) is 0 Å². The van der Waals surface area contributed by atoms with E-state index in [1.807, 2.05) is 0 Å².